The Morgan fingerprint density at radius 1 is 1.06 bits per heavy atom. The summed E-state index contributed by atoms with van der Waals surface area (Å²) in [4.78, 5) is 8.34. The predicted molar refractivity (Wildman–Crippen MR) is 131 cm³/mol. The van der Waals surface area contributed by atoms with Crippen LogP contribution in [0, 0.1) is 20.4 Å². The third kappa shape index (κ3) is 2.37. The number of aromatic nitrogens is 3. The molecule has 0 N–H and O–H groups in total. The van der Waals surface area contributed by atoms with Gasteiger partial charge < -0.3 is 9.25 Å². The Hall–Kier alpha value is -3.71. The van der Waals surface area contributed by atoms with Crippen molar-refractivity contribution < 1.29 is 4.57 Å². The molecule has 0 spiro atoms. The summed E-state index contributed by atoms with van der Waals surface area (Å²) in [6, 6.07) is 11.2. The van der Waals surface area contributed by atoms with E-state index >= 15 is 0 Å². The van der Waals surface area contributed by atoms with Crippen LogP contribution in [0.3, 0.4) is 0 Å². The van der Waals surface area contributed by atoms with Gasteiger partial charge in [-0.25, -0.2) is 11.1 Å². The van der Waals surface area contributed by atoms with Crippen LogP contribution in [-0.4, -0.2) is 14.9 Å². The van der Waals surface area contributed by atoms with Gasteiger partial charge in [0.25, 0.3) is 0 Å². The Balaban J connectivity index is 1.96. The number of pyridine rings is 3. The van der Waals surface area contributed by atoms with Crippen LogP contribution < -0.4 is 4.57 Å². The van der Waals surface area contributed by atoms with Crippen molar-refractivity contribution in [3.8, 4) is 0 Å². The van der Waals surface area contributed by atoms with Crippen molar-refractivity contribution in [2.24, 2.45) is 7.05 Å². The van der Waals surface area contributed by atoms with Crippen LogP contribution in [0.25, 0.3) is 53.8 Å². The van der Waals surface area contributed by atoms with Crippen LogP contribution in [0.2, 0.25) is 0 Å². The van der Waals surface area contributed by atoms with E-state index in [1.54, 1.807) is 0 Å². The monoisotopic (exact) mass is 417 g/mol. The zero-order chi connectivity index (χ0) is 22.4. The first-order valence-corrected chi connectivity index (χ1v) is 11.0. The molecule has 4 aromatic heterocycles. The van der Waals surface area contributed by atoms with Crippen LogP contribution in [0.5, 0.6) is 0 Å². The molecule has 4 heterocycles. The predicted octanol–water partition coefficient (Wildman–Crippen LogP) is 6.07. The lowest BCUT2D eigenvalue weighted by Crippen LogP contribution is -2.29. The fourth-order valence-electron chi connectivity index (χ4n) is 5.45. The minimum absolute atomic E-state index is 0.432. The van der Waals surface area contributed by atoms with Gasteiger partial charge in [0.1, 0.15) is 7.05 Å². The van der Waals surface area contributed by atoms with Gasteiger partial charge in [-0.1, -0.05) is 6.07 Å². The summed E-state index contributed by atoms with van der Waals surface area (Å²) >= 11 is 0. The van der Waals surface area contributed by atoms with Crippen LogP contribution in [0.15, 0.2) is 48.9 Å². The molecular formula is C28H25N4+. The van der Waals surface area contributed by atoms with E-state index in [-0.39, 0.29) is 0 Å². The van der Waals surface area contributed by atoms with E-state index in [0.29, 0.717) is 0 Å². The maximum Gasteiger partial charge on any atom is 0.231 e. The molecular weight excluding hydrogens is 392 g/mol. The standard InChI is InChI=1S/C28H25N4/c1-16-11-21-20-7-9-30-15-23(20)32-22-13-18(14-28(3,4)29-5)12-19-8-10-31(6)27(25(19)22)24(17(16)2)26(21)32/h7-13,15H,14H2,1-4,6H3/q+1. The van der Waals surface area contributed by atoms with Gasteiger partial charge in [-0.2, -0.15) is 0 Å². The molecule has 0 saturated heterocycles. The fourth-order valence-corrected chi connectivity index (χ4v) is 5.45. The van der Waals surface area contributed by atoms with E-state index in [0.717, 1.165) is 11.9 Å². The number of hydrogen-bond acceptors (Lipinski definition) is 1. The van der Waals surface area contributed by atoms with Crippen molar-refractivity contribution in [2.75, 3.05) is 0 Å². The molecule has 0 bridgehead atoms. The van der Waals surface area contributed by atoms with Gasteiger partial charge in [-0.05, 0) is 54.1 Å². The molecule has 4 nitrogen and oxygen atoms in total. The highest BCUT2D eigenvalue weighted by Gasteiger charge is 2.27. The highest BCUT2D eigenvalue weighted by atomic mass is 15.0. The van der Waals surface area contributed by atoms with Crippen molar-refractivity contribution in [3.63, 3.8) is 0 Å². The first-order chi connectivity index (χ1) is 15.3. The number of benzene rings is 2. The molecule has 6 rings (SSSR count). The maximum atomic E-state index is 7.61. The minimum atomic E-state index is -0.432. The second kappa shape index (κ2) is 6.17. The number of rotatable bonds is 2. The zero-order valence-corrected chi connectivity index (χ0v) is 19.1. The summed E-state index contributed by atoms with van der Waals surface area (Å²) in [5.41, 5.74) is 8.23. The Bertz CT molecular complexity index is 1760. The molecule has 6 aromatic rings. The van der Waals surface area contributed by atoms with Crippen molar-refractivity contribution in [3.05, 3.63) is 77.0 Å². The maximum absolute atomic E-state index is 7.61. The molecule has 0 aliphatic rings. The van der Waals surface area contributed by atoms with Crippen LogP contribution >= 0.6 is 0 Å². The second-order valence-electron chi connectivity index (χ2n) is 9.77. The molecule has 0 aliphatic heterocycles. The SMILES string of the molecule is [C-]#[N+]C(C)(C)Cc1cc2cc[n+](C)c3c4c(C)c(C)cc5c6ccncc6n(c(c1)c23)c54. The zero-order valence-electron chi connectivity index (χ0n) is 19.1. The molecule has 32 heavy (non-hydrogen) atoms. The van der Waals surface area contributed by atoms with Crippen LogP contribution in [-0.2, 0) is 13.5 Å². The first kappa shape index (κ1) is 19.0. The van der Waals surface area contributed by atoms with Crippen LogP contribution in [0.4, 0.5) is 0 Å². The Morgan fingerprint density at radius 3 is 2.66 bits per heavy atom. The third-order valence-electron chi connectivity index (χ3n) is 7.07. The Morgan fingerprint density at radius 2 is 1.88 bits per heavy atom. The summed E-state index contributed by atoms with van der Waals surface area (Å²) in [5.74, 6) is 0. The van der Waals surface area contributed by atoms with Gasteiger partial charge in [0.15, 0.2) is 6.20 Å². The molecule has 0 saturated carbocycles. The highest BCUT2D eigenvalue weighted by molar-refractivity contribution is 6.26. The van der Waals surface area contributed by atoms with Gasteiger partial charge in [0, 0.05) is 36.9 Å². The normalized spacial score (nSPS) is 12.6. The van der Waals surface area contributed by atoms with Crippen molar-refractivity contribution in [1.82, 2.24) is 9.38 Å². The van der Waals surface area contributed by atoms with Crippen molar-refractivity contribution in [1.29, 1.82) is 0 Å². The molecule has 0 amide bonds. The van der Waals surface area contributed by atoms with Crippen molar-refractivity contribution >= 4 is 49.0 Å². The Labute approximate surface area is 186 Å². The van der Waals surface area contributed by atoms with E-state index in [9.17, 15) is 0 Å². The largest absolute Gasteiger partial charge is 0.311 e. The van der Waals surface area contributed by atoms with E-state index in [4.69, 9.17) is 6.57 Å². The molecule has 2 aromatic carbocycles. The van der Waals surface area contributed by atoms with Gasteiger partial charge in [-0.15, -0.1) is 0 Å². The lowest BCUT2D eigenvalue weighted by molar-refractivity contribution is -0.643. The van der Waals surface area contributed by atoms with E-state index in [2.05, 4.69) is 76.2 Å². The smallest absolute Gasteiger partial charge is 0.231 e. The molecule has 0 unspecified atom stereocenters. The minimum Gasteiger partial charge on any atom is -0.311 e. The summed E-state index contributed by atoms with van der Waals surface area (Å²) in [7, 11) is 2.14. The number of fused-ring (bicyclic) bond motifs is 5. The molecule has 0 atom stereocenters. The Kier molecular flexibility index (Phi) is 3.67. The average molecular weight is 418 g/mol. The topological polar surface area (TPSA) is 25.5 Å². The van der Waals surface area contributed by atoms with Crippen LogP contribution in [0.1, 0.15) is 30.5 Å². The number of aryl methyl sites for hydroxylation is 3. The van der Waals surface area contributed by atoms with Gasteiger partial charge in [-0.3, -0.25) is 4.98 Å². The average Bonchev–Trinajstić information content (AvgIpc) is 3.09. The van der Waals surface area contributed by atoms with Gasteiger partial charge >= 0.3 is 0 Å². The van der Waals surface area contributed by atoms with Gasteiger partial charge in [0.2, 0.25) is 11.1 Å². The van der Waals surface area contributed by atoms with Crippen molar-refractivity contribution in [2.45, 2.75) is 39.7 Å². The highest BCUT2D eigenvalue weighted by Crippen LogP contribution is 2.41. The molecule has 0 radical (unpaired) electrons. The molecule has 156 valence electrons. The molecule has 4 heteroatoms. The summed E-state index contributed by atoms with van der Waals surface area (Å²) in [6.07, 6.45) is 6.75. The summed E-state index contributed by atoms with van der Waals surface area (Å²) in [5, 5.41) is 6.30. The first-order valence-electron chi connectivity index (χ1n) is 11.0. The lowest BCUT2D eigenvalue weighted by atomic mass is 9.92. The lowest BCUT2D eigenvalue weighted by Gasteiger charge is -2.16. The fraction of sp³-hybridized carbons (Fsp3) is 0.250. The molecule has 0 aliphatic carbocycles. The number of nitrogens with zero attached hydrogens (tertiary/aromatic N) is 4. The third-order valence-corrected chi connectivity index (χ3v) is 7.07. The number of hydrogen-bond donors (Lipinski definition) is 0. The van der Waals surface area contributed by atoms with E-state index < -0.39 is 5.54 Å². The molecule has 0 fully saturated rings. The van der Waals surface area contributed by atoms with E-state index in [1.807, 2.05) is 26.2 Å². The summed E-state index contributed by atoms with van der Waals surface area (Å²) in [6.45, 7) is 16.1. The quantitative estimate of drug-likeness (QED) is 0.145. The second-order valence-corrected chi connectivity index (χ2v) is 9.77. The van der Waals surface area contributed by atoms with Gasteiger partial charge in [0.05, 0.1) is 39.9 Å². The summed E-state index contributed by atoms with van der Waals surface area (Å²) < 4.78 is 4.67. The van der Waals surface area contributed by atoms with E-state index in [1.165, 1.54) is 60.2 Å².